The van der Waals surface area contributed by atoms with Gasteiger partial charge < -0.3 is 15.3 Å². The summed E-state index contributed by atoms with van der Waals surface area (Å²) in [4.78, 5) is 14.0. The minimum absolute atomic E-state index is 0.0237. The zero-order valence-corrected chi connectivity index (χ0v) is 12.2. The van der Waals surface area contributed by atoms with Crippen LogP contribution >= 0.6 is 0 Å². The SMILES string of the molecule is CC(O)CCN(C)C(=O)c1ccccc1NC(C)C. The van der Waals surface area contributed by atoms with Crippen LogP contribution in [-0.4, -0.2) is 41.7 Å². The topological polar surface area (TPSA) is 52.6 Å². The number of hydrogen-bond acceptors (Lipinski definition) is 3. The van der Waals surface area contributed by atoms with Crippen molar-refractivity contribution in [3.05, 3.63) is 29.8 Å². The number of anilines is 1. The molecule has 0 aromatic heterocycles. The Morgan fingerprint density at radius 1 is 1.32 bits per heavy atom. The molecule has 0 fully saturated rings. The van der Waals surface area contributed by atoms with Crippen LogP contribution < -0.4 is 5.32 Å². The van der Waals surface area contributed by atoms with E-state index in [1.165, 1.54) is 0 Å². The molecule has 0 bridgehead atoms. The van der Waals surface area contributed by atoms with Gasteiger partial charge in [-0.05, 0) is 39.3 Å². The van der Waals surface area contributed by atoms with Crippen LogP contribution in [0.1, 0.15) is 37.6 Å². The van der Waals surface area contributed by atoms with Crippen LogP contribution in [0, 0.1) is 0 Å². The van der Waals surface area contributed by atoms with E-state index < -0.39 is 0 Å². The monoisotopic (exact) mass is 264 g/mol. The number of aliphatic hydroxyl groups excluding tert-OH is 1. The summed E-state index contributed by atoms with van der Waals surface area (Å²) >= 11 is 0. The molecule has 1 aromatic carbocycles. The minimum atomic E-state index is -0.390. The van der Waals surface area contributed by atoms with Crippen molar-refractivity contribution < 1.29 is 9.90 Å². The van der Waals surface area contributed by atoms with Crippen molar-refractivity contribution in [1.29, 1.82) is 0 Å². The average molecular weight is 264 g/mol. The number of nitrogens with one attached hydrogen (secondary N) is 1. The van der Waals surface area contributed by atoms with Gasteiger partial charge in [0.15, 0.2) is 0 Å². The fourth-order valence-corrected chi connectivity index (χ4v) is 1.79. The highest BCUT2D eigenvalue weighted by Crippen LogP contribution is 2.18. The quantitative estimate of drug-likeness (QED) is 0.829. The smallest absolute Gasteiger partial charge is 0.255 e. The van der Waals surface area contributed by atoms with E-state index in [2.05, 4.69) is 5.32 Å². The molecule has 0 aliphatic carbocycles. The lowest BCUT2D eigenvalue weighted by Crippen LogP contribution is -2.30. The van der Waals surface area contributed by atoms with Crippen molar-refractivity contribution in [2.75, 3.05) is 18.9 Å². The van der Waals surface area contributed by atoms with E-state index in [1.54, 1.807) is 18.9 Å². The second kappa shape index (κ2) is 7.14. The first kappa shape index (κ1) is 15.5. The molecule has 0 radical (unpaired) electrons. The molecule has 1 aromatic rings. The molecule has 19 heavy (non-hydrogen) atoms. The van der Waals surface area contributed by atoms with Crippen molar-refractivity contribution in [2.45, 2.75) is 39.3 Å². The normalized spacial score (nSPS) is 12.3. The highest BCUT2D eigenvalue weighted by atomic mass is 16.3. The second-order valence-corrected chi connectivity index (χ2v) is 5.21. The fourth-order valence-electron chi connectivity index (χ4n) is 1.79. The van der Waals surface area contributed by atoms with Gasteiger partial charge in [0.25, 0.3) is 5.91 Å². The number of carbonyl (C=O) groups is 1. The Morgan fingerprint density at radius 2 is 1.95 bits per heavy atom. The zero-order chi connectivity index (χ0) is 14.4. The molecular formula is C15H24N2O2. The van der Waals surface area contributed by atoms with Gasteiger partial charge in [-0.3, -0.25) is 4.79 Å². The van der Waals surface area contributed by atoms with Crippen LogP contribution in [0.4, 0.5) is 5.69 Å². The van der Waals surface area contributed by atoms with Crippen molar-refractivity contribution >= 4 is 11.6 Å². The van der Waals surface area contributed by atoms with Gasteiger partial charge in [0.1, 0.15) is 0 Å². The first-order chi connectivity index (χ1) is 8.91. The van der Waals surface area contributed by atoms with Gasteiger partial charge in [0.05, 0.1) is 11.7 Å². The van der Waals surface area contributed by atoms with E-state index in [0.717, 1.165) is 5.69 Å². The van der Waals surface area contributed by atoms with Gasteiger partial charge in [0, 0.05) is 25.3 Å². The van der Waals surface area contributed by atoms with Gasteiger partial charge in [-0.25, -0.2) is 0 Å². The molecule has 106 valence electrons. The van der Waals surface area contributed by atoms with Crippen LogP contribution in [0.15, 0.2) is 24.3 Å². The number of benzene rings is 1. The molecule has 0 spiro atoms. The third-order valence-electron chi connectivity index (χ3n) is 2.83. The van der Waals surface area contributed by atoms with Crippen molar-refractivity contribution in [3.63, 3.8) is 0 Å². The number of aliphatic hydroxyl groups is 1. The van der Waals surface area contributed by atoms with Gasteiger partial charge >= 0.3 is 0 Å². The Hall–Kier alpha value is -1.55. The molecule has 1 amide bonds. The predicted octanol–water partition coefficient (Wildman–Crippen LogP) is 2.35. The summed E-state index contributed by atoms with van der Waals surface area (Å²) in [5, 5.41) is 12.6. The maximum Gasteiger partial charge on any atom is 0.255 e. The van der Waals surface area contributed by atoms with Gasteiger partial charge in [-0.1, -0.05) is 12.1 Å². The highest BCUT2D eigenvalue weighted by Gasteiger charge is 2.16. The lowest BCUT2D eigenvalue weighted by Gasteiger charge is -2.21. The molecule has 0 saturated heterocycles. The van der Waals surface area contributed by atoms with Crippen LogP contribution in [0.3, 0.4) is 0 Å². The molecule has 0 aliphatic rings. The van der Waals surface area contributed by atoms with Crippen molar-refractivity contribution in [2.24, 2.45) is 0 Å². The number of para-hydroxylation sites is 1. The molecule has 0 aliphatic heterocycles. The van der Waals surface area contributed by atoms with Crippen LogP contribution in [0.2, 0.25) is 0 Å². The third-order valence-corrected chi connectivity index (χ3v) is 2.83. The van der Waals surface area contributed by atoms with Gasteiger partial charge in [0.2, 0.25) is 0 Å². The number of hydrogen-bond donors (Lipinski definition) is 2. The Bertz CT molecular complexity index is 416. The summed E-state index contributed by atoms with van der Waals surface area (Å²) in [7, 11) is 1.76. The number of rotatable bonds is 6. The summed E-state index contributed by atoms with van der Waals surface area (Å²) in [5.41, 5.74) is 1.52. The summed E-state index contributed by atoms with van der Waals surface area (Å²) in [6, 6.07) is 7.79. The molecular weight excluding hydrogens is 240 g/mol. The summed E-state index contributed by atoms with van der Waals surface area (Å²) < 4.78 is 0. The molecule has 2 N–H and O–H groups in total. The third kappa shape index (κ3) is 4.91. The second-order valence-electron chi connectivity index (χ2n) is 5.21. The van der Waals surface area contributed by atoms with Crippen LogP contribution in [-0.2, 0) is 0 Å². The molecule has 1 atom stereocenters. The van der Waals surface area contributed by atoms with E-state index in [0.29, 0.717) is 18.5 Å². The van der Waals surface area contributed by atoms with Crippen LogP contribution in [0.25, 0.3) is 0 Å². The van der Waals surface area contributed by atoms with E-state index in [4.69, 9.17) is 0 Å². The zero-order valence-electron chi connectivity index (χ0n) is 12.2. The predicted molar refractivity (Wildman–Crippen MR) is 78.5 cm³/mol. The van der Waals surface area contributed by atoms with Gasteiger partial charge in [-0.2, -0.15) is 0 Å². The first-order valence-electron chi connectivity index (χ1n) is 6.71. The average Bonchev–Trinajstić information content (AvgIpc) is 2.35. The maximum atomic E-state index is 12.4. The number of carbonyl (C=O) groups excluding carboxylic acids is 1. The lowest BCUT2D eigenvalue weighted by molar-refractivity contribution is 0.0770. The van der Waals surface area contributed by atoms with Crippen molar-refractivity contribution in [1.82, 2.24) is 4.90 Å². The van der Waals surface area contributed by atoms with Gasteiger partial charge in [-0.15, -0.1) is 0 Å². The van der Waals surface area contributed by atoms with Crippen LogP contribution in [0.5, 0.6) is 0 Å². The van der Waals surface area contributed by atoms with E-state index in [1.807, 2.05) is 38.1 Å². The van der Waals surface area contributed by atoms with Crippen molar-refractivity contribution in [3.8, 4) is 0 Å². The van der Waals surface area contributed by atoms with E-state index >= 15 is 0 Å². The molecule has 0 saturated carbocycles. The van der Waals surface area contributed by atoms with E-state index in [-0.39, 0.29) is 18.1 Å². The molecule has 0 heterocycles. The standard InChI is InChI=1S/C15H24N2O2/c1-11(2)16-14-8-6-5-7-13(14)15(19)17(4)10-9-12(3)18/h5-8,11-12,16,18H,9-10H2,1-4H3. The highest BCUT2D eigenvalue weighted by molar-refractivity contribution is 5.99. The summed E-state index contributed by atoms with van der Waals surface area (Å²) in [6.07, 6.45) is 0.196. The fraction of sp³-hybridized carbons (Fsp3) is 0.533. The Labute approximate surface area is 115 Å². The summed E-state index contributed by atoms with van der Waals surface area (Å²) in [6.45, 7) is 6.36. The maximum absolute atomic E-state index is 12.4. The molecule has 1 rings (SSSR count). The first-order valence-corrected chi connectivity index (χ1v) is 6.71. The molecule has 4 heteroatoms. The largest absolute Gasteiger partial charge is 0.393 e. The molecule has 4 nitrogen and oxygen atoms in total. The minimum Gasteiger partial charge on any atom is -0.393 e. The lowest BCUT2D eigenvalue weighted by atomic mass is 10.1. The molecule has 1 unspecified atom stereocenters. The Morgan fingerprint density at radius 3 is 2.53 bits per heavy atom. The van der Waals surface area contributed by atoms with E-state index in [9.17, 15) is 9.90 Å². The number of nitrogens with zero attached hydrogens (tertiary/aromatic N) is 1. The number of amides is 1. The Kier molecular flexibility index (Phi) is 5.83. The Balaban J connectivity index is 2.80. The summed E-state index contributed by atoms with van der Waals surface area (Å²) in [5.74, 6) is -0.0237.